The first kappa shape index (κ1) is 28.0. The molecule has 0 radical (unpaired) electrons. The van der Waals surface area contributed by atoms with Crippen molar-refractivity contribution in [3.8, 4) is 17.2 Å². The Balaban J connectivity index is 2.01. The summed E-state index contributed by atoms with van der Waals surface area (Å²) in [5.41, 5.74) is 6.50. The smallest absolute Gasteiger partial charge is 0.416 e. The minimum Gasteiger partial charge on any atom is -0.416 e. The number of carbonyl (C=O) groups is 1. The number of amides is 1. The molecule has 2 atom stereocenters. The van der Waals surface area contributed by atoms with Gasteiger partial charge in [0.2, 0.25) is 0 Å². The maximum Gasteiger partial charge on any atom is 0.421 e. The highest BCUT2D eigenvalue weighted by molar-refractivity contribution is 6.83. The van der Waals surface area contributed by atoms with Gasteiger partial charge in [0.1, 0.15) is 19.9 Å². The van der Waals surface area contributed by atoms with Gasteiger partial charge in [-0.1, -0.05) is 89.7 Å². The third-order valence-corrected chi connectivity index (χ3v) is 12.3. The van der Waals surface area contributed by atoms with Gasteiger partial charge in [-0.15, -0.1) is 5.54 Å². The highest BCUT2D eigenvalue weighted by Crippen LogP contribution is 2.41. The van der Waals surface area contributed by atoms with Crippen LogP contribution in [0.1, 0.15) is 33.3 Å². The number of benzene rings is 2. The van der Waals surface area contributed by atoms with E-state index in [4.69, 9.17) is 9.16 Å². The maximum atomic E-state index is 13.5. The number of fused-ring (bicyclic) bond motifs is 1. The molecule has 0 fully saturated rings. The van der Waals surface area contributed by atoms with E-state index in [9.17, 15) is 4.79 Å². The number of ether oxygens (including phenoxy) is 1. The summed E-state index contributed by atoms with van der Waals surface area (Å²) < 4.78 is 12.4. The summed E-state index contributed by atoms with van der Waals surface area (Å²) in [5, 5.41) is 0.148. The van der Waals surface area contributed by atoms with Gasteiger partial charge in [0, 0.05) is 18.1 Å². The van der Waals surface area contributed by atoms with E-state index in [1.807, 2.05) is 36.4 Å². The largest absolute Gasteiger partial charge is 0.421 e. The Kier molecular flexibility index (Phi) is 8.39. The molecule has 0 aromatic heterocycles. The molecule has 2 aromatic carbocycles. The van der Waals surface area contributed by atoms with E-state index in [0.29, 0.717) is 12.4 Å². The van der Waals surface area contributed by atoms with Gasteiger partial charge < -0.3 is 9.16 Å². The zero-order valence-corrected chi connectivity index (χ0v) is 25.3. The maximum absolute atomic E-state index is 13.5. The second kappa shape index (κ2) is 10.8. The molecule has 1 heterocycles. The van der Waals surface area contributed by atoms with Crippen LogP contribution in [0.5, 0.6) is 5.75 Å². The van der Waals surface area contributed by atoms with Gasteiger partial charge in [0.25, 0.3) is 0 Å². The predicted molar refractivity (Wildman–Crippen MR) is 157 cm³/mol. The van der Waals surface area contributed by atoms with Crippen LogP contribution in [0.25, 0.3) is 5.57 Å². The molecule has 0 spiro atoms. The second-order valence-electron chi connectivity index (χ2n) is 12.1. The van der Waals surface area contributed by atoms with Gasteiger partial charge in [0.05, 0.1) is 5.69 Å². The summed E-state index contributed by atoms with van der Waals surface area (Å²) in [6, 6.07) is 16.8. The lowest BCUT2D eigenvalue weighted by molar-refractivity contribution is 0.207. The lowest BCUT2D eigenvalue weighted by atomic mass is 9.88. The third kappa shape index (κ3) is 6.79. The topological polar surface area (TPSA) is 38.8 Å². The predicted octanol–water partition coefficient (Wildman–Crippen LogP) is 8.00. The van der Waals surface area contributed by atoms with E-state index in [1.54, 1.807) is 17.0 Å². The van der Waals surface area contributed by atoms with E-state index in [0.717, 1.165) is 11.3 Å². The molecule has 36 heavy (non-hydrogen) atoms. The quantitative estimate of drug-likeness (QED) is 0.297. The van der Waals surface area contributed by atoms with Crippen LogP contribution >= 0.6 is 0 Å². The van der Waals surface area contributed by atoms with Crippen molar-refractivity contribution < 1.29 is 14.0 Å². The second-order valence-corrected chi connectivity index (χ2v) is 21.7. The molecule has 3 rings (SSSR count). The van der Waals surface area contributed by atoms with Crippen LogP contribution in [0.15, 0.2) is 60.7 Å². The Hall–Kier alpha value is -2.60. The van der Waals surface area contributed by atoms with Crippen molar-refractivity contribution in [1.82, 2.24) is 0 Å². The Morgan fingerprint density at radius 2 is 1.61 bits per heavy atom. The Morgan fingerprint density at radius 3 is 2.22 bits per heavy atom. The first-order valence-electron chi connectivity index (χ1n) is 12.7. The molecule has 0 aliphatic carbocycles. The molecule has 0 bridgehead atoms. The van der Waals surface area contributed by atoms with Crippen molar-refractivity contribution in [2.75, 3.05) is 11.5 Å². The summed E-state index contributed by atoms with van der Waals surface area (Å²) in [7, 11) is -3.56. The fraction of sp³-hybridized carbons (Fsp3) is 0.433. The number of anilines is 1. The molecule has 1 aliphatic heterocycles. The van der Waals surface area contributed by atoms with Crippen molar-refractivity contribution in [3.05, 3.63) is 66.2 Å². The van der Waals surface area contributed by atoms with Crippen molar-refractivity contribution in [2.24, 2.45) is 5.92 Å². The molecule has 192 valence electrons. The molecule has 1 amide bonds. The molecule has 0 N–H and O–H groups in total. The first-order chi connectivity index (χ1) is 16.7. The van der Waals surface area contributed by atoms with E-state index in [2.05, 4.69) is 84.0 Å². The zero-order valence-electron chi connectivity index (χ0n) is 23.3. The highest BCUT2D eigenvalue weighted by Gasteiger charge is 2.38. The van der Waals surface area contributed by atoms with Crippen LogP contribution in [0.2, 0.25) is 37.8 Å². The van der Waals surface area contributed by atoms with E-state index < -0.39 is 28.5 Å². The Bertz CT molecular complexity index is 1160. The standard InChI is InChI=1S/C30H41NO3Si2/c1-23(22-33-36(8,9)30(2,3)4)27-21-24(19-20-35(5,6)7)31(28-18-14-13-17-26(27)28)29(32)34-25-15-11-10-12-16-25/h10-18,21,23-24H,22H2,1-9H3/t23-,24-/m1/s1. The Labute approximate surface area is 219 Å². The number of para-hydroxylation sites is 2. The van der Waals surface area contributed by atoms with Crippen molar-refractivity contribution >= 4 is 33.7 Å². The minimum atomic E-state index is -1.89. The van der Waals surface area contributed by atoms with Crippen molar-refractivity contribution in [2.45, 2.75) is 71.5 Å². The van der Waals surface area contributed by atoms with E-state index in [1.165, 1.54) is 5.57 Å². The van der Waals surface area contributed by atoms with Crippen LogP contribution in [0.4, 0.5) is 10.5 Å². The lowest BCUT2D eigenvalue weighted by Gasteiger charge is -2.38. The van der Waals surface area contributed by atoms with Gasteiger partial charge in [-0.25, -0.2) is 4.79 Å². The van der Waals surface area contributed by atoms with Gasteiger partial charge in [-0.3, -0.25) is 4.90 Å². The average Bonchev–Trinajstić information content (AvgIpc) is 2.79. The number of rotatable bonds is 5. The molecular formula is C30H41NO3Si2. The fourth-order valence-corrected chi connectivity index (χ4v) is 5.41. The molecule has 0 saturated heterocycles. The summed E-state index contributed by atoms with van der Waals surface area (Å²) in [6.07, 6.45) is 1.71. The van der Waals surface area contributed by atoms with Crippen molar-refractivity contribution in [1.29, 1.82) is 0 Å². The van der Waals surface area contributed by atoms with Crippen LogP contribution in [0, 0.1) is 17.4 Å². The number of carbonyl (C=O) groups excluding carboxylic acids is 1. The third-order valence-electron chi connectivity index (χ3n) is 6.86. The zero-order chi connectivity index (χ0) is 26.7. The van der Waals surface area contributed by atoms with Crippen molar-refractivity contribution in [3.63, 3.8) is 0 Å². The lowest BCUT2D eigenvalue weighted by Crippen LogP contribution is -2.44. The van der Waals surface area contributed by atoms with Gasteiger partial charge in [-0.05, 0) is 48.0 Å². The molecule has 4 nitrogen and oxygen atoms in total. The van der Waals surface area contributed by atoms with Gasteiger partial charge >= 0.3 is 6.09 Å². The summed E-state index contributed by atoms with van der Waals surface area (Å²) in [6.45, 7) is 20.8. The normalized spacial score (nSPS) is 16.9. The van der Waals surface area contributed by atoms with Crippen LogP contribution in [0.3, 0.4) is 0 Å². The molecule has 2 aromatic rings. The van der Waals surface area contributed by atoms with Crippen LogP contribution in [-0.2, 0) is 4.43 Å². The molecule has 0 unspecified atom stereocenters. The monoisotopic (exact) mass is 519 g/mol. The first-order valence-corrected chi connectivity index (χ1v) is 19.1. The summed E-state index contributed by atoms with van der Waals surface area (Å²) in [4.78, 5) is 15.2. The molecular weight excluding hydrogens is 479 g/mol. The highest BCUT2D eigenvalue weighted by atomic mass is 28.4. The number of nitrogens with zero attached hydrogens (tertiary/aromatic N) is 1. The summed E-state index contributed by atoms with van der Waals surface area (Å²) in [5.74, 6) is 4.10. The number of hydrogen-bond donors (Lipinski definition) is 0. The molecule has 1 aliphatic rings. The average molecular weight is 520 g/mol. The molecule has 0 saturated carbocycles. The minimum absolute atomic E-state index is 0.148. The van der Waals surface area contributed by atoms with Crippen LogP contribution < -0.4 is 9.64 Å². The van der Waals surface area contributed by atoms with Gasteiger partial charge in [-0.2, -0.15) is 0 Å². The summed E-state index contributed by atoms with van der Waals surface area (Å²) >= 11 is 0. The number of hydrogen-bond acceptors (Lipinski definition) is 3. The van der Waals surface area contributed by atoms with Gasteiger partial charge in [0.15, 0.2) is 8.32 Å². The molecule has 6 heteroatoms. The SMILES string of the molecule is C[C@H](CO[Si](C)(C)C(C)(C)C)C1=C[C@@H](C#C[Si](C)(C)C)N(C(=O)Oc2ccccc2)c2ccccc21. The van der Waals surface area contributed by atoms with E-state index >= 15 is 0 Å². The van der Waals surface area contributed by atoms with Crippen LogP contribution in [-0.4, -0.2) is 35.1 Å². The Morgan fingerprint density at radius 1 is 1.00 bits per heavy atom. The van der Waals surface area contributed by atoms with E-state index in [-0.39, 0.29) is 11.0 Å². The fourth-order valence-electron chi connectivity index (χ4n) is 3.73.